The van der Waals surface area contributed by atoms with Crippen LogP contribution in [0.2, 0.25) is 5.02 Å². The van der Waals surface area contributed by atoms with Crippen molar-refractivity contribution in [1.82, 2.24) is 20.2 Å². The van der Waals surface area contributed by atoms with Crippen molar-refractivity contribution in [3.8, 4) is 0 Å². The summed E-state index contributed by atoms with van der Waals surface area (Å²) in [7, 11) is 1.74. The molecule has 0 N–H and O–H groups in total. The summed E-state index contributed by atoms with van der Waals surface area (Å²) in [5.41, 5.74) is 0.634. The Balaban J connectivity index is 2.09. The summed E-state index contributed by atoms with van der Waals surface area (Å²) >= 11 is 7.11. The molecule has 1 aromatic heterocycles. The SMILES string of the molecule is C[C@@H](Sc1nnnn1C)C(=O)c1ccc(Cl)cc1. The van der Waals surface area contributed by atoms with Gasteiger partial charge in [-0.15, -0.1) is 5.10 Å². The first kappa shape index (κ1) is 13.0. The molecule has 2 aromatic rings. The first-order valence-corrected chi connectivity index (χ1v) is 6.52. The van der Waals surface area contributed by atoms with Gasteiger partial charge < -0.3 is 0 Å². The topological polar surface area (TPSA) is 60.7 Å². The second-order valence-electron chi connectivity index (χ2n) is 3.72. The zero-order valence-corrected chi connectivity index (χ0v) is 11.4. The van der Waals surface area contributed by atoms with E-state index in [-0.39, 0.29) is 11.0 Å². The molecule has 0 saturated carbocycles. The molecule has 1 aromatic carbocycles. The highest BCUT2D eigenvalue weighted by molar-refractivity contribution is 8.00. The first-order valence-electron chi connectivity index (χ1n) is 5.26. The molecule has 0 spiro atoms. The Hall–Kier alpha value is -1.40. The molecule has 18 heavy (non-hydrogen) atoms. The highest BCUT2D eigenvalue weighted by atomic mass is 35.5. The quantitative estimate of drug-likeness (QED) is 0.636. The summed E-state index contributed by atoms with van der Waals surface area (Å²) in [6, 6.07) is 6.85. The highest BCUT2D eigenvalue weighted by Gasteiger charge is 2.18. The van der Waals surface area contributed by atoms with E-state index in [0.29, 0.717) is 15.7 Å². The van der Waals surface area contributed by atoms with Gasteiger partial charge in [-0.05, 0) is 41.6 Å². The number of aryl methyl sites for hydroxylation is 1. The van der Waals surface area contributed by atoms with Crippen LogP contribution in [0.3, 0.4) is 0 Å². The van der Waals surface area contributed by atoms with E-state index in [9.17, 15) is 4.79 Å². The Morgan fingerprint density at radius 1 is 1.39 bits per heavy atom. The van der Waals surface area contributed by atoms with Gasteiger partial charge in [0.15, 0.2) is 5.78 Å². The van der Waals surface area contributed by atoms with Crippen molar-refractivity contribution in [3.05, 3.63) is 34.9 Å². The lowest BCUT2D eigenvalue weighted by molar-refractivity contribution is 0.0994. The number of rotatable bonds is 4. The van der Waals surface area contributed by atoms with E-state index < -0.39 is 0 Å². The minimum atomic E-state index is -0.254. The van der Waals surface area contributed by atoms with Gasteiger partial charge in [0, 0.05) is 17.6 Å². The number of carbonyl (C=O) groups excluding carboxylic acids is 1. The van der Waals surface area contributed by atoms with E-state index >= 15 is 0 Å². The van der Waals surface area contributed by atoms with Gasteiger partial charge in [-0.2, -0.15) is 0 Å². The fourth-order valence-corrected chi connectivity index (χ4v) is 2.34. The second kappa shape index (κ2) is 5.49. The van der Waals surface area contributed by atoms with Crippen LogP contribution in [0.25, 0.3) is 0 Å². The maximum Gasteiger partial charge on any atom is 0.209 e. The van der Waals surface area contributed by atoms with Gasteiger partial charge in [0.05, 0.1) is 5.25 Å². The molecule has 0 aliphatic rings. The molecule has 1 atom stereocenters. The predicted molar refractivity (Wildman–Crippen MR) is 69.9 cm³/mol. The van der Waals surface area contributed by atoms with Crippen molar-refractivity contribution >= 4 is 29.1 Å². The fraction of sp³-hybridized carbons (Fsp3) is 0.273. The third-order valence-corrected chi connectivity index (χ3v) is 3.74. The van der Waals surface area contributed by atoms with Gasteiger partial charge in [-0.1, -0.05) is 23.4 Å². The zero-order chi connectivity index (χ0) is 13.1. The summed E-state index contributed by atoms with van der Waals surface area (Å²) in [5.74, 6) is 0.0275. The molecule has 0 aliphatic carbocycles. The number of Topliss-reactive ketones (excluding diaryl/α,β-unsaturated/α-hetero) is 1. The Morgan fingerprint density at radius 2 is 2.06 bits per heavy atom. The molecule has 0 amide bonds. The van der Waals surface area contributed by atoms with Gasteiger partial charge in [0.1, 0.15) is 0 Å². The lowest BCUT2D eigenvalue weighted by Gasteiger charge is -2.08. The van der Waals surface area contributed by atoms with E-state index in [0.717, 1.165) is 0 Å². The van der Waals surface area contributed by atoms with Gasteiger partial charge in [-0.3, -0.25) is 4.79 Å². The Labute approximate surface area is 114 Å². The molecule has 0 aliphatic heterocycles. The third kappa shape index (κ3) is 2.88. The van der Waals surface area contributed by atoms with Crippen LogP contribution in [0.1, 0.15) is 17.3 Å². The van der Waals surface area contributed by atoms with E-state index in [1.807, 2.05) is 6.92 Å². The number of hydrogen-bond acceptors (Lipinski definition) is 5. The van der Waals surface area contributed by atoms with Gasteiger partial charge in [-0.25, -0.2) is 4.68 Å². The molecule has 0 fully saturated rings. The molecule has 1 heterocycles. The maximum atomic E-state index is 12.2. The Morgan fingerprint density at radius 3 is 2.61 bits per heavy atom. The minimum absolute atomic E-state index is 0.0275. The van der Waals surface area contributed by atoms with Crippen molar-refractivity contribution in [3.63, 3.8) is 0 Å². The molecule has 0 radical (unpaired) electrons. The Kier molecular flexibility index (Phi) is 3.98. The van der Waals surface area contributed by atoms with Crippen LogP contribution in [-0.2, 0) is 7.05 Å². The molecule has 0 saturated heterocycles. The highest BCUT2D eigenvalue weighted by Crippen LogP contribution is 2.23. The van der Waals surface area contributed by atoms with E-state index in [4.69, 9.17) is 11.6 Å². The average Bonchev–Trinajstić information content (AvgIpc) is 2.75. The van der Waals surface area contributed by atoms with Crippen LogP contribution in [0.4, 0.5) is 0 Å². The maximum absolute atomic E-state index is 12.2. The number of benzene rings is 1. The number of hydrogen-bond donors (Lipinski definition) is 0. The lowest BCUT2D eigenvalue weighted by Crippen LogP contribution is -2.14. The number of aromatic nitrogens is 4. The molecule has 7 heteroatoms. The van der Waals surface area contributed by atoms with Gasteiger partial charge in [0.2, 0.25) is 5.16 Å². The standard InChI is InChI=1S/C11H11ClN4OS/c1-7(18-11-13-14-15-16(11)2)10(17)8-3-5-9(12)6-4-8/h3-7H,1-2H3/t7-/m1/s1. The molecule has 5 nitrogen and oxygen atoms in total. The average molecular weight is 283 g/mol. The summed E-state index contributed by atoms with van der Waals surface area (Å²) in [6.45, 7) is 1.83. The van der Waals surface area contributed by atoms with Crippen LogP contribution in [-0.4, -0.2) is 31.2 Å². The monoisotopic (exact) mass is 282 g/mol. The lowest BCUT2D eigenvalue weighted by atomic mass is 10.1. The molecule has 0 bridgehead atoms. The van der Waals surface area contributed by atoms with E-state index in [1.165, 1.54) is 16.4 Å². The van der Waals surface area contributed by atoms with E-state index in [1.54, 1.807) is 31.3 Å². The van der Waals surface area contributed by atoms with Gasteiger partial charge in [0.25, 0.3) is 0 Å². The number of thioether (sulfide) groups is 1. The molecular formula is C11H11ClN4OS. The first-order chi connectivity index (χ1) is 8.58. The third-order valence-electron chi connectivity index (χ3n) is 2.36. The number of carbonyl (C=O) groups is 1. The zero-order valence-electron chi connectivity index (χ0n) is 9.87. The van der Waals surface area contributed by atoms with Crippen molar-refractivity contribution in [2.45, 2.75) is 17.3 Å². The normalized spacial score (nSPS) is 12.4. The number of ketones is 1. The summed E-state index contributed by atoms with van der Waals surface area (Å²) in [4.78, 5) is 12.2. The van der Waals surface area contributed by atoms with Crippen molar-refractivity contribution in [1.29, 1.82) is 0 Å². The van der Waals surface area contributed by atoms with Crippen molar-refractivity contribution < 1.29 is 4.79 Å². The minimum Gasteiger partial charge on any atom is -0.293 e. The van der Waals surface area contributed by atoms with Crippen LogP contribution in [0.5, 0.6) is 0 Å². The number of halogens is 1. The number of nitrogens with zero attached hydrogens (tertiary/aromatic N) is 4. The summed E-state index contributed by atoms with van der Waals surface area (Å²) in [5, 5.41) is 12.1. The summed E-state index contributed by atoms with van der Waals surface area (Å²) < 4.78 is 1.54. The summed E-state index contributed by atoms with van der Waals surface area (Å²) in [6.07, 6.45) is 0. The van der Waals surface area contributed by atoms with Crippen LogP contribution >= 0.6 is 23.4 Å². The van der Waals surface area contributed by atoms with Crippen LogP contribution in [0, 0.1) is 0 Å². The predicted octanol–water partition coefficient (Wildman–Crippen LogP) is 2.23. The molecule has 2 rings (SSSR count). The molecule has 94 valence electrons. The largest absolute Gasteiger partial charge is 0.293 e. The Bertz CT molecular complexity index is 554. The van der Waals surface area contributed by atoms with Crippen LogP contribution < -0.4 is 0 Å². The van der Waals surface area contributed by atoms with E-state index in [2.05, 4.69) is 15.5 Å². The van der Waals surface area contributed by atoms with Crippen LogP contribution in [0.15, 0.2) is 29.4 Å². The van der Waals surface area contributed by atoms with Crippen molar-refractivity contribution in [2.75, 3.05) is 0 Å². The molecular weight excluding hydrogens is 272 g/mol. The van der Waals surface area contributed by atoms with Gasteiger partial charge >= 0.3 is 0 Å². The molecule has 0 unspecified atom stereocenters. The van der Waals surface area contributed by atoms with Crippen molar-refractivity contribution in [2.24, 2.45) is 7.05 Å². The second-order valence-corrected chi connectivity index (χ2v) is 5.46. The smallest absolute Gasteiger partial charge is 0.209 e. The fourth-order valence-electron chi connectivity index (χ4n) is 1.38. The number of tetrazole rings is 1.